The van der Waals surface area contributed by atoms with Gasteiger partial charge in [0.25, 0.3) is 0 Å². The fourth-order valence-electron chi connectivity index (χ4n) is 1.83. The van der Waals surface area contributed by atoms with E-state index >= 15 is 0 Å². The van der Waals surface area contributed by atoms with Gasteiger partial charge in [0.15, 0.2) is 0 Å². The molecule has 0 aromatic carbocycles. The van der Waals surface area contributed by atoms with Crippen LogP contribution in [-0.2, 0) is 14.3 Å². The van der Waals surface area contributed by atoms with Gasteiger partial charge in [-0.3, -0.25) is 4.79 Å². The number of hydrogen-bond acceptors (Lipinski definition) is 3. The lowest BCUT2D eigenvalue weighted by Gasteiger charge is -2.21. The fourth-order valence-corrected chi connectivity index (χ4v) is 1.83. The second-order valence-electron chi connectivity index (χ2n) is 4.45. The highest BCUT2D eigenvalue weighted by Gasteiger charge is 2.34. The third kappa shape index (κ3) is 3.51. The largest absolute Gasteiger partial charge is 0.480 e. The predicted octanol–water partition coefficient (Wildman–Crippen LogP) is 0.533. The van der Waals surface area contributed by atoms with Crippen molar-refractivity contribution in [3.8, 4) is 0 Å². The molecule has 1 aliphatic rings. The van der Waals surface area contributed by atoms with Crippen LogP contribution in [0.15, 0.2) is 0 Å². The molecule has 2 N–H and O–H groups in total. The van der Waals surface area contributed by atoms with Gasteiger partial charge in [0, 0.05) is 6.42 Å². The molecule has 1 aliphatic heterocycles. The lowest BCUT2D eigenvalue weighted by atomic mass is 10.0. The summed E-state index contributed by atoms with van der Waals surface area (Å²) < 4.78 is 5.66. The van der Waals surface area contributed by atoms with E-state index in [2.05, 4.69) is 5.32 Å². The van der Waals surface area contributed by atoms with Crippen LogP contribution in [0.2, 0.25) is 0 Å². The number of aliphatic carboxylic acids is 1. The normalized spacial score (nSPS) is 25.9. The highest BCUT2D eigenvalue weighted by molar-refractivity contribution is 5.76. The van der Waals surface area contributed by atoms with E-state index in [1.807, 2.05) is 13.8 Å². The van der Waals surface area contributed by atoms with Gasteiger partial charge in [0.2, 0.25) is 6.41 Å². The Balaban J connectivity index is 2.46. The second kappa shape index (κ2) is 4.61. The Morgan fingerprint density at radius 3 is 2.80 bits per heavy atom. The average molecular weight is 215 g/mol. The Morgan fingerprint density at radius 1 is 1.73 bits per heavy atom. The zero-order valence-corrected chi connectivity index (χ0v) is 9.03. The molecule has 2 unspecified atom stereocenters. The maximum atomic E-state index is 10.8. The van der Waals surface area contributed by atoms with Gasteiger partial charge >= 0.3 is 5.97 Å². The number of carbonyl (C=O) groups is 2. The molecule has 0 spiro atoms. The molecule has 86 valence electrons. The van der Waals surface area contributed by atoms with Crippen LogP contribution >= 0.6 is 0 Å². The molecule has 1 rings (SSSR count). The number of carbonyl (C=O) groups excluding carboxylic acids is 1. The van der Waals surface area contributed by atoms with Crippen molar-refractivity contribution in [2.45, 2.75) is 50.9 Å². The molecule has 5 heteroatoms. The van der Waals surface area contributed by atoms with Crippen LogP contribution in [0.25, 0.3) is 0 Å². The SMILES string of the molecule is CC1(C)CCC(CC(NC=O)C(=O)O)O1. The quantitative estimate of drug-likeness (QED) is 0.656. The zero-order chi connectivity index (χ0) is 11.5. The van der Waals surface area contributed by atoms with Crippen LogP contribution in [0.1, 0.15) is 33.1 Å². The molecular formula is C10H17NO4. The molecule has 1 heterocycles. The summed E-state index contributed by atoms with van der Waals surface area (Å²) in [6.45, 7) is 3.96. The molecule has 0 radical (unpaired) electrons. The van der Waals surface area contributed by atoms with Crippen molar-refractivity contribution in [3.05, 3.63) is 0 Å². The Bertz CT molecular complexity index is 252. The van der Waals surface area contributed by atoms with Gasteiger partial charge in [-0.25, -0.2) is 4.79 Å². The summed E-state index contributed by atoms with van der Waals surface area (Å²) in [5.41, 5.74) is -0.172. The van der Waals surface area contributed by atoms with Gasteiger partial charge in [0.05, 0.1) is 11.7 Å². The summed E-state index contributed by atoms with van der Waals surface area (Å²) in [7, 11) is 0. The van der Waals surface area contributed by atoms with Crippen LogP contribution < -0.4 is 5.32 Å². The molecule has 0 bridgehead atoms. The van der Waals surface area contributed by atoms with E-state index in [9.17, 15) is 9.59 Å². The number of carboxylic acids is 1. The van der Waals surface area contributed by atoms with Gasteiger partial charge in [0.1, 0.15) is 6.04 Å². The number of hydrogen-bond donors (Lipinski definition) is 2. The third-order valence-corrected chi connectivity index (χ3v) is 2.62. The predicted molar refractivity (Wildman–Crippen MR) is 53.4 cm³/mol. The molecule has 0 aliphatic carbocycles. The molecule has 1 fully saturated rings. The van der Waals surface area contributed by atoms with E-state index < -0.39 is 12.0 Å². The lowest BCUT2D eigenvalue weighted by Crippen LogP contribution is -2.39. The van der Waals surface area contributed by atoms with E-state index in [4.69, 9.17) is 9.84 Å². The Labute approximate surface area is 88.8 Å². The van der Waals surface area contributed by atoms with Crippen LogP contribution in [0.3, 0.4) is 0 Å². The molecule has 0 aromatic rings. The topological polar surface area (TPSA) is 75.6 Å². The van der Waals surface area contributed by atoms with E-state index in [1.54, 1.807) is 0 Å². The zero-order valence-electron chi connectivity index (χ0n) is 9.03. The minimum Gasteiger partial charge on any atom is -0.480 e. The minimum absolute atomic E-state index is 0.0754. The first-order valence-corrected chi connectivity index (χ1v) is 5.05. The van der Waals surface area contributed by atoms with E-state index in [0.29, 0.717) is 12.8 Å². The summed E-state index contributed by atoms with van der Waals surface area (Å²) in [5, 5.41) is 11.1. The second-order valence-corrected chi connectivity index (χ2v) is 4.45. The summed E-state index contributed by atoms with van der Waals surface area (Å²) in [4.78, 5) is 21.0. The first-order valence-electron chi connectivity index (χ1n) is 5.05. The number of amides is 1. The van der Waals surface area contributed by atoms with Crippen molar-refractivity contribution >= 4 is 12.4 Å². The van der Waals surface area contributed by atoms with Gasteiger partial charge in [-0.1, -0.05) is 0 Å². The number of carboxylic acid groups (broad SMARTS) is 1. The van der Waals surface area contributed by atoms with Crippen molar-refractivity contribution in [2.24, 2.45) is 0 Å². The molecule has 0 saturated carbocycles. The van der Waals surface area contributed by atoms with Crippen molar-refractivity contribution in [3.63, 3.8) is 0 Å². The summed E-state index contributed by atoms with van der Waals surface area (Å²) in [5.74, 6) is -1.02. The number of ether oxygens (including phenoxy) is 1. The standard InChI is InChI=1S/C10H17NO4/c1-10(2)4-3-7(15-10)5-8(9(13)14)11-6-12/h6-8H,3-5H2,1-2H3,(H,11,12)(H,13,14). The van der Waals surface area contributed by atoms with Crippen LogP contribution in [0.5, 0.6) is 0 Å². The van der Waals surface area contributed by atoms with Gasteiger partial charge in [-0.05, 0) is 26.7 Å². The van der Waals surface area contributed by atoms with E-state index in [0.717, 1.165) is 12.8 Å². The molecule has 2 atom stereocenters. The monoisotopic (exact) mass is 215 g/mol. The first kappa shape index (κ1) is 12.0. The first-order chi connectivity index (χ1) is 6.94. The van der Waals surface area contributed by atoms with Crippen molar-refractivity contribution in [1.29, 1.82) is 0 Å². The van der Waals surface area contributed by atoms with Gasteiger partial charge in [-0.15, -0.1) is 0 Å². The smallest absolute Gasteiger partial charge is 0.326 e. The summed E-state index contributed by atoms with van der Waals surface area (Å²) in [6.07, 6.45) is 2.44. The van der Waals surface area contributed by atoms with Crippen molar-refractivity contribution < 1.29 is 19.4 Å². The minimum atomic E-state index is -1.02. The number of rotatable bonds is 5. The highest BCUT2D eigenvalue weighted by atomic mass is 16.5. The summed E-state index contributed by atoms with van der Waals surface area (Å²) in [6, 6.07) is -0.846. The Kier molecular flexibility index (Phi) is 3.68. The Morgan fingerprint density at radius 2 is 2.40 bits per heavy atom. The van der Waals surface area contributed by atoms with Gasteiger partial charge < -0.3 is 15.2 Å². The van der Waals surface area contributed by atoms with E-state index in [1.165, 1.54) is 0 Å². The highest BCUT2D eigenvalue weighted by Crippen LogP contribution is 2.31. The lowest BCUT2D eigenvalue weighted by molar-refractivity contribution is -0.142. The van der Waals surface area contributed by atoms with Crippen LogP contribution in [-0.4, -0.2) is 35.2 Å². The maximum absolute atomic E-state index is 10.8. The van der Waals surface area contributed by atoms with Gasteiger partial charge in [-0.2, -0.15) is 0 Å². The average Bonchev–Trinajstić information content (AvgIpc) is 2.44. The molecule has 15 heavy (non-hydrogen) atoms. The molecule has 0 aromatic heterocycles. The molecule has 1 saturated heterocycles. The third-order valence-electron chi connectivity index (χ3n) is 2.62. The summed E-state index contributed by atoms with van der Waals surface area (Å²) >= 11 is 0. The van der Waals surface area contributed by atoms with Crippen LogP contribution in [0.4, 0.5) is 0 Å². The van der Waals surface area contributed by atoms with Crippen molar-refractivity contribution in [2.75, 3.05) is 0 Å². The van der Waals surface area contributed by atoms with Crippen LogP contribution in [0, 0.1) is 0 Å². The Hall–Kier alpha value is -1.10. The van der Waals surface area contributed by atoms with E-state index in [-0.39, 0.29) is 11.7 Å². The molecule has 1 amide bonds. The fraction of sp³-hybridized carbons (Fsp3) is 0.800. The molecule has 5 nitrogen and oxygen atoms in total. The number of nitrogens with one attached hydrogen (secondary N) is 1. The van der Waals surface area contributed by atoms with Crippen molar-refractivity contribution in [1.82, 2.24) is 5.32 Å². The maximum Gasteiger partial charge on any atom is 0.326 e. The molecular weight excluding hydrogens is 198 g/mol.